The number of pyridine rings is 1. The van der Waals surface area contributed by atoms with Crippen LogP contribution >= 0.6 is 0 Å². The molecule has 1 aromatic rings. The highest BCUT2D eigenvalue weighted by Gasteiger charge is 2.21. The van der Waals surface area contributed by atoms with Crippen LogP contribution in [0.1, 0.15) is 23.5 Å². The second-order valence-electron chi connectivity index (χ2n) is 3.87. The summed E-state index contributed by atoms with van der Waals surface area (Å²) in [6.07, 6.45) is 4.67. The summed E-state index contributed by atoms with van der Waals surface area (Å²) in [6, 6.07) is 4.08. The average molecular weight is 187 g/mol. The molecule has 0 aromatic carbocycles. The van der Waals surface area contributed by atoms with Crippen molar-refractivity contribution in [3.05, 3.63) is 29.6 Å². The lowest BCUT2D eigenvalue weighted by molar-refractivity contribution is 0.411. The molecule has 3 nitrogen and oxygen atoms in total. The van der Waals surface area contributed by atoms with E-state index >= 15 is 0 Å². The first-order chi connectivity index (χ1) is 6.79. The van der Waals surface area contributed by atoms with Gasteiger partial charge in [-0.15, -0.1) is 0 Å². The second kappa shape index (κ2) is 3.77. The SMILES string of the molecule is CN1CCC(c2cncc(C#N)c2)C1. The zero-order valence-electron chi connectivity index (χ0n) is 8.27. The van der Waals surface area contributed by atoms with E-state index in [0.29, 0.717) is 11.5 Å². The molecule has 0 bridgehead atoms. The summed E-state index contributed by atoms with van der Waals surface area (Å²) in [5.74, 6) is 0.556. The molecule has 1 aliphatic rings. The lowest BCUT2D eigenvalue weighted by atomic mass is 9.99. The number of rotatable bonds is 1. The molecule has 1 atom stereocenters. The Kier molecular flexibility index (Phi) is 2.47. The van der Waals surface area contributed by atoms with Gasteiger partial charge in [0.25, 0.3) is 0 Å². The van der Waals surface area contributed by atoms with Gasteiger partial charge in [-0.1, -0.05) is 0 Å². The number of hydrogen-bond acceptors (Lipinski definition) is 3. The van der Waals surface area contributed by atoms with Crippen molar-refractivity contribution in [3.63, 3.8) is 0 Å². The number of likely N-dealkylation sites (tertiary alicyclic amines) is 1. The lowest BCUT2D eigenvalue weighted by Crippen LogP contribution is -2.13. The number of nitrogens with zero attached hydrogens (tertiary/aromatic N) is 3. The number of aromatic nitrogens is 1. The first-order valence-corrected chi connectivity index (χ1v) is 4.83. The van der Waals surface area contributed by atoms with Crippen LogP contribution in [0.25, 0.3) is 0 Å². The van der Waals surface area contributed by atoms with Crippen molar-refractivity contribution in [2.75, 3.05) is 20.1 Å². The molecule has 72 valence electrons. The van der Waals surface area contributed by atoms with Crippen molar-refractivity contribution in [2.24, 2.45) is 0 Å². The Morgan fingerprint density at radius 3 is 3.07 bits per heavy atom. The first-order valence-electron chi connectivity index (χ1n) is 4.83. The monoisotopic (exact) mass is 187 g/mol. The molecule has 1 saturated heterocycles. The molecule has 3 heteroatoms. The number of nitriles is 1. The van der Waals surface area contributed by atoms with Crippen LogP contribution in [0.15, 0.2) is 18.5 Å². The normalized spacial score (nSPS) is 22.1. The Balaban J connectivity index is 2.20. The molecule has 0 amide bonds. The second-order valence-corrected chi connectivity index (χ2v) is 3.87. The Labute approximate surface area is 84.0 Å². The summed E-state index contributed by atoms with van der Waals surface area (Å²) in [6.45, 7) is 2.22. The Hall–Kier alpha value is -1.40. The Morgan fingerprint density at radius 2 is 2.43 bits per heavy atom. The van der Waals surface area contributed by atoms with E-state index in [-0.39, 0.29) is 0 Å². The van der Waals surface area contributed by atoms with Crippen molar-refractivity contribution in [3.8, 4) is 6.07 Å². The molecule has 1 unspecified atom stereocenters. The third kappa shape index (κ3) is 1.75. The largest absolute Gasteiger partial charge is 0.306 e. The van der Waals surface area contributed by atoms with Gasteiger partial charge in [0.05, 0.1) is 5.56 Å². The van der Waals surface area contributed by atoms with Crippen LogP contribution in [0.2, 0.25) is 0 Å². The van der Waals surface area contributed by atoms with Crippen molar-refractivity contribution in [1.29, 1.82) is 5.26 Å². The van der Waals surface area contributed by atoms with Crippen LogP contribution in [0.3, 0.4) is 0 Å². The van der Waals surface area contributed by atoms with Gasteiger partial charge >= 0.3 is 0 Å². The molecule has 2 heterocycles. The Morgan fingerprint density at radius 1 is 1.57 bits per heavy atom. The molecular formula is C11H13N3. The predicted octanol–water partition coefficient (Wildman–Crippen LogP) is 1.37. The summed E-state index contributed by atoms with van der Waals surface area (Å²) >= 11 is 0. The molecule has 2 rings (SSSR count). The van der Waals surface area contributed by atoms with Crippen molar-refractivity contribution in [1.82, 2.24) is 9.88 Å². The zero-order valence-corrected chi connectivity index (χ0v) is 8.27. The van der Waals surface area contributed by atoms with Crippen LogP contribution < -0.4 is 0 Å². The topological polar surface area (TPSA) is 39.9 Å². The minimum atomic E-state index is 0.556. The number of hydrogen-bond donors (Lipinski definition) is 0. The van der Waals surface area contributed by atoms with E-state index in [4.69, 9.17) is 5.26 Å². The minimum Gasteiger partial charge on any atom is -0.306 e. The van der Waals surface area contributed by atoms with E-state index in [1.807, 2.05) is 12.3 Å². The summed E-state index contributed by atoms with van der Waals surface area (Å²) in [7, 11) is 2.13. The molecule has 0 N–H and O–H groups in total. The molecule has 14 heavy (non-hydrogen) atoms. The maximum atomic E-state index is 8.76. The molecule has 0 radical (unpaired) electrons. The molecule has 1 aromatic heterocycles. The fourth-order valence-electron chi connectivity index (χ4n) is 1.95. The maximum absolute atomic E-state index is 8.76. The smallest absolute Gasteiger partial charge is 0.101 e. The van der Waals surface area contributed by atoms with Gasteiger partial charge in [-0.05, 0) is 37.6 Å². The zero-order chi connectivity index (χ0) is 9.97. The third-order valence-corrected chi connectivity index (χ3v) is 2.75. The van der Waals surface area contributed by atoms with Gasteiger partial charge in [0.15, 0.2) is 0 Å². The maximum Gasteiger partial charge on any atom is 0.101 e. The summed E-state index contributed by atoms with van der Waals surface area (Å²) in [4.78, 5) is 6.39. The molecule has 0 saturated carbocycles. The van der Waals surface area contributed by atoms with Gasteiger partial charge in [-0.2, -0.15) is 5.26 Å². The van der Waals surface area contributed by atoms with Crippen molar-refractivity contribution in [2.45, 2.75) is 12.3 Å². The van der Waals surface area contributed by atoms with Gasteiger partial charge in [0, 0.05) is 18.9 Å². The standard InChI is InChI=1S/C11H13N3/c1-14-3-2-10(8-14)11-4-9(5-12)6-13-7-11/h4,6-7,10H,2-3,8H2,1H3. The van der Waals surface area contributed by atoms with Crippen LogP contribution in [-0.2, 0) is 0 Å². The third-order valence-electron chi connectivity index (χ3n) is 2.75. The fourth-order valence-corrected chi connectivity index (χ4v) is 1.95. The molecule has 1 fully saturated rings. The highest BCUT2D eigenvalue weighted by Crippen LogP contribution is 2.25. The lowest BCUT2D eigenvalue weighted by Gasteiger charge is -2.10. The molecule has 0 aliphatic carbocycles. The quantitative estimate of drug-likeness (QED) is 0.666. The van der Waals surface area contributed by atoms with Crippen molar-refractivity contribution >= 4 is 0 Å². The van der Waals surface area contributed by atoms with Crippen LogP contribution in [0.4, 0.5) is 0 Å². The van der Waals surface area contributed by atoms with Gasteiger partial charge in [0.1, 0.15) is 6.07 Å². The minimum absolute atomic E-state index is 0.556. The predicted molar refractivity (Wildman–Crippen MR) is 53.8 cm³/mol. The fraction of sp³-hybridized carbons (Fsp3) is 0.455. The van der Waals surface area contributed by atoms with E-state index in [2.05, 4.69) is 23.0 Å². The van der Waals surface area contributed by atoms with Crippen LogP contribution in [-0.4, -0.2) is 30.0 Å². The van der Waals surface area contributed by atoms with E-state index in [0.717, 1.165) is 13.1 Å². The van der Waals surface area contributed by atoms with Crippen LogP contribution in [0, 0.1) is 11.3 Å². The summed E-state index contributed by atoms with van der Waals surface area (Å²) in [5.41, 5.74) is 1.87. The highest BCUT2D eigenvalue weighted by atomic mass is 15.1. The Bertz CT molecular complexity index is 367. The summed E-state index contributed by atoms with van der Waals surface area (Å²) in [5, 5.41) is 8.76. The molecule has 0 spiro atoms. The van der Waals surface area contributed by atoms with E-state index in [9.17, 15) is 0 Å². The van der Waals surface area contributed by atoms with E-state index < -0.39 is 0 Å². The summed E-state index contributed by atoms with van der Waals surface area (Å²) < 4.78 is 0. The van der Waals surface area contributed by atoms with E-state index in [1.54, 1.807) is 6.20 Å². The van der Waals surface area contributed by atoms with Gasteiger partial charge in [-0.3, -0.25) is 4.98 Å². The van der Waals surface area contributed by atoms with Gasteiger partial charge in [-0.25, -0.2) is 0 Å². The number of likely N-dealkylation sites (N-methyl/N-ethyl adjacent to an activating group) is 1. The molecule has 1 aliphatic heterocycles. The van der Waals surface area contributed by atoms with Gasteiger partial charge in [0.2, 0.25) is 0 Å². The molecular weight excluding hydrogens is 174 g/mol. The highest BCUT2D eigenvalue weighted by molar-refractivity contribution is 5.31. The average Bonchev–Trinajstić information content (AvgIpc) is 2.65. The van der Waals surface area contributed by atoms with Crippen molar-refractivity contribution < 1.29 is 0 Å². The first kappa shape index (κ1) is 9.17. The van der Waals surface area contributed by atoms with Crippen LogP contribution in [0.5, 0.6) is 0 Å². The van der Waals surface area contributed by atoms with Gasteiger partial charge < -0.3 is 4.90 Å². The van der Waals surface area contributed by atoms with E-state index in [1.165, 1.54) is 12.0 Å².